The maximum Gasteiger partial charge on any atom is 0.0849 e. The second kappa shape index (κ2) is 2.28. The molecule has 0 rings (SSSR count). The van der Waals surface area contributed by atoms with Gasteiger partial charge in [0.15, 0.2) is 0 Å². The average molecular weight is 103 g/mol. The molecule has 43 valence electrons. The number of hydrogen-bond donors (Lipinski definition) is 2. The third kappa shape index (κ3) is 2.60. The molecule has 2 nitrogen and oxygen atoms in total. The molecule has 0 aliphatic carbocycles. The van der Waals surface area contributed by atoms with Crippen LogP contribution in [0.1, 0.15) is 13.3 Å². The van der Waals surface area contributed by atoms with Crippen molar-refractivity contribution in [2.24, 2.45) is 0 Å². The van der Waals surface area contributed by atoms with Crippen molar-refractivity contribution in [1.82, 2.24) is 0 Å². The molecule has 7 heavy (non-hydrogen) atoms. The lowest BCUT2D eigenvalue weighted by atomic mass is 10.1. The summed E-state index contributed by atoms with van der Waals surface area (Å²) in [5.74, 6) is 0. The summed E-state index contributed by atoms with van der Waals surface area (Å²) in [5.41, 5.74) is -0.972. The van der Waals surface area contributed by atoms with Crippen LogP contribution in [0.15, 0.2) is 0 Å². The first-order chi connectivity index (χ1) is 3.12. The molecule has 0 saturated carbocycles. The van der Waals surface area contributed by atoms with Crippen LogP contribution in [0.3, 0.4) is 0 Å². The minimum absolute atomic E-state index is 0.212. The smallest absolute Gasteiger partial charge is 0.0849 e. The molecule has 0 bridgehead atoms. The first kappa shape index (κ1) is 6.92. The highest BCUT2D eigenvalue weighted by atomic mass is 16.3. The van der Waals surface area contributed by atoms with Gasteiger partial charge in [0.1, 0.15) is 0 Å². The fourth-order valence-electron chi connectivity index (χ4n) is 0.0791. The highest BCUT2D eigenvalue weighted by Gasteiger charge is 2.14. The summed E-state index contributed by atoms with van der Waals surface area (Å²) in [6.45, 7) is 4.75. The Balaban J connectivity index is 3.36. The molecule has 0 aromatic rings. The van der Waals surface area contributed by atoms with E-state index in [9.17, 15) is 0 Å². The Bertz CT molecular complexity index is 44.0. The Morgan fingerprint density at radius 3 is 2.14 bits per heavy atom. The summed E-state index contributed by atoms with van der Waals surface area (Å²) in [4.78, 5) is 0. The molecule has 1 unspecified atom stereocenters. The summed E-state index contributed by atoms with van der Waals surface area (Å²) in [7, 11) is 0. The van der Waals surface area contributed by atoms with Gasteiger partial charge in [0, 0.05) is 0 Å². The van der Waals surface area contributed by atoms with Crippen molar-refractivity contribution in [3.63, 3.8) is 0 Å². The standard InChI is InChI=1S/C5H11O2/c1-3-5(2,7)4-6/h6-7H,1,3-4H2,2H3. The first-order valence-corrected chi connectivity index (χ1v) is 2.25. The average Bonchev–Trinajstić information content (AvgIpc) is 1.68. The van der Waals surface area contributed by atoms with Gasteiger partial charge in [-0.1, -0.05) is 6.92 Å². The molecule has 2 heteroatoms. The van der Waals surface area contributed by atoms with E-state index in [2.05, 4.69) is 6.92 Å². The van der Waals surface area contributed by atoms with E-state index in [1.54, 1.807) is 6.92 Å². The Labute approximate surface area is 43.8 Å². The van der Waals surface area contributed by atoms with Crippen molar-refractivity contribution >= 4 is 0 Å². The van der Waals surface area contributed by atoms with Crippen LogP contribution in [0.4, 0.5) is 0 Å². The lowest BCUT2D eigenvalue weighted by Gasteiger charge is -2.16. The van der Waals surface area contributed by atoms with Crippen molar-refractivity contribution in [3.8, 4) is 0 Å². The molecule has 0 heterocycles. The highest BCUT2D eigenvalue weighted by Crippen LogP contribution is 2.04. The van der Waals surface area contributed by atoms with Crippen molar-refractivity contribution in [2.75, 3.05) is 6.61 Å². The zero-order valence-electron chi connectivity index (χ0n) is 4.52. The molecule has 0 aliphatic rings. The first-order valence-electron chi connectivity index (χ1n) is 2.25. The normalized spacial score (nSPS) is 18.9. The fourth-order valence-corrected chi connectivity index (χ4v) is 0.0791. The lowest BCUT2D eigenvalue weighted by molar-refractivity contribution is 0.00396. The van der Waals surface area contributed by atoms with Gasteiger partial charge in [0.05, 0.1) is 12.2 Å². The molecule has 1 radical (unpaired) electrons. The van der Waals surface area contributed by atoms with Crippen LogP contribution in [0, 0.1) is 6.92 Å². The van der Waals surface area contributed by atoms with Gasteiger partial charge in [-0.15, -0.1) is 0 Å². The van der Waals surface area contributed by atoms with Gasteiger partial charge in [-0.3, -0.25) is 0 Å². The zero-order chi connectivity index (χ0) is 5.91. The number of rotatable bonds is 2. The molecule has 0 aromatic carbocycles. The molecular weight excluding hydrogens is 92.1 g/mol. The Morgan fingerprint density at radius 2 is 2.14 bits per heavy atom. The van der Waals surface area contributed by atoms with Crippen LogP contribution in [0.2, 0.25) is 0 Å². The van der Waals surface area contributed by atoms with Crippen LogP contribution in [0.25, 0.3) is 0 Å². The second-order valence-electron chi connectivity index (χ2n) is 1.91. The van der Waals surface area contributed by atoms with Crippen LogP contribution >= 0.6 is 0 Å². The SMILES string of the molecule is [CH2]CC(C)(O)CO. The van der Waals surface area contributed by atoms with E-state index in [-0.39, 0.29) is 6.61 Å². The Hall–Kier alpha value is -0.0800. The predicted octanol–water partition coefficient (Wildman–Crippen LogP) is -0.0461. The highest BCUT2D eigenvalue weighted by molar-refractivity contribution is 4.70. The minimum atomic E-state index is -0.972. The van der Waals surface area contributed by atoms with E-state index in [1.165, 1.54) is 0 Å². The molecular formula is C5H11O2. The van der Waals surface area contributed by atoms with Crippen molar-refractivity contribution in [3.05, 3.63) is 6.92 Å². The fraction of sp³-hybridized carbons (Fsp3) is 0.800. The maximum atomic E-state index is 8.82. The third-order valence-electron chi connectivity index (χ3n) is 0.879. The zero-order valence-corrected chi connectivity index (χ0v) is 4.52. The Kier molecular flexibility index (Phi) is 2.26. The quantitative estimate of drug-likeness (QED) is 0.514. The molecule has 0 amide bonds. The summed E-state index contributed by atoms with van der Waals surface area (Å²) in [6, 6.07) is 0. The van der Waals surface area contributed by atoms with Gasteiger partial charge < -0.3 is 10.2 Å². The lowest BCUT2D eigenvalue weighted by Crippen LogP contribution is -2.27. The summed E-state index contributed by atoms with van der Waals surface area (Å²) >= 11 is 0. The van der Waals surface area contributed by atoms with Gasteiger partial charge in [0.2, 0.25) is 0 Å². The van der Waals surface area contributed by atoms with E-state index in [4.69, 9.17) is 10.2 Å². The minimum Gasteiger partial charge on any atom is -0.393 e. The van der Waals surface area contributed by atoms with E-state index in [0.29, 0.717) is 6.42 Å². The number of aliphatic hydroxyl groups excluding tert-OH is 1. The molecule has 0 fully saturated rings. The maximum absolute atomic E-state index is 8.82. The van der Waals surface area contributed by atoms with Crippen molar-refractivity contribution in [2.45, 2.75) is 18.9 Å². The largest absolute Gasteiger partial charge is 0.393 e. The molecule has 0 aromatic heterocycles. The third-order valence-corrected chi connectivity index (χ3v) is 0.879. The van der Waals surface area contributed by atoms with Crippen LogP contribution in [0.5, 0.6) is 0 Å². The molecule has 0 spiro atoms. The van der Waals surface area contributed by atoms with Gasteiger partial charge >= 0.3 is 0 Å². The van der Waals surface area contributed by atoms with E-state index < -0.39 is 5.60 Å². The van der Waals surface area contributed by atoms with Crippen molar-refractivity contribution < 1.29 is 10.2 Å². The topological polar surface area (TPSA) is 40.5 Å². The van der Waals surface area contributed by atoms with Crippen molar-refractivity contribution in [1.29, 1.82) is 0 Å². The van der Waals surface area contributed by atoms with Crippen LogP contribution in [-0.4, -0.2) is 22.4 Å². The molecule has 0 saturated heterocycles. The number of hydrogen-bond acceptors (Lipinski definition) is 2. The molecule has 0 aliphatic heterocycles. The van der Waals surface area contributed by atoms with Crippen LogP contribution in [-0.2, 0) is 0 Å². The Morgan fingerprint density at radius 1 is 1.71 bits per heavy atom. The second-order valence-corrected chi connectivity index (χ2v) is 1.91. The monoisotopic (exact) mass is 103 g/mol. The van der Waals surface area contributed by atoms with Gasteiger partial charge in [-0.2, -0.15) is 0 Å². The summed E-state index contributed by atoms with van der Waals surface area (Å²) < 4.78 is 0. The summed E-state index contributed by atoms with van der Waals surface area (Å²) in [6.07, 6.45) is 0.351. The predicted molar refractivity (Wildman–Crippen MR) is 27.7 cm³/mol. The summed E-state index contributed by atoms with van der Waals surface area (Å²) in [5, 5.41) is 17.1. The molecule has 1 atom stereocenters. The van der Waals surface area contributed by atoms with E-state index >= 15 is 0 Å². The van der Waals surface area contributed by atoms with Gasteiger partial charge in [0.25, 0.3) is 0 Å². The van der Waals surface area contributed by atoms with Gasteiger partial charge in [-0.25, -0.2) is 0 Å². The van der Waals surface area contributed by atoms with E-state index in [0.717, 1.165) is 0 Å². The number of aliphatic hydroxyl groups is 2. The van der Waals surface area contributed by atoms with Crippen LogP contribution < -0.4 is 0 Å². The van der Waals surface area contributed by atoms with E-state index in [1.807, 2.05) is 0 Å². The molecule has 2 N–H and O–H groups in total. The van der Waals surface area contributed by atoms with Gasteiger partial charge in [-0.05, 0) is 13.3 Å².